The van der Waals surface area contributed by atoms with Gasteiger partial charge in [0.1, 0.15) is 12.4 Å². The molecule has 0 saturated heterocycles. The van der Waals surface area contributed by atoms with Gasteiger partial charge in [-0.25, -0.2) is 4.98 Å². The van der Waals surface area contributed by atoms with Crippen molar-refractivity contribution >= 4 is 29.0 Å². The molecular weight excluding hydrogens is 364 g/mol. The molecule has 1 N–H and O–H groups in total. The molecule has 1 aliphatic rings. The van der Waals surface area contributed by atoms with Crippen LogP contribution < -0.4 is 10.1 Å². The molecule has 0 saturated carbocycles. The molecule has 2 heterocycles. The Morgan fingerprint density at radius 2 is 1.90 bits per heavy atom. The van der Waals surface area contributed by atoms with E-state index in [-0.39, 0.29) is 12.5 Å². The van der Waals surface area contributed by atoms with E-state index in [9.17, 15) is 4.79 Å². The molecule has 6 nitrogen and oxygen atoms in total. The van der Waals surface area contributed by atoms with Crippen LogP contribution in [0.15, 0.2) is 54.1 Å². The van der Waals surface area contributed by atoms with Gasteiger partial charge in [0.05, 0.1) is 16.6 Å². The van der Waals surface area contributed by atoms with E-state index in [0.717, 1.165) is 48.5 Å². The van der Waals surface area contributed by atoms with E-state index in [2.05, 4.69) is 33.6 Å². The fraction of sp³-hybridized carbons (Fsp3) is 0.304. The summed E-state index contributed by atoms with van der Waals surface area (Å²) in [5.74, 6) is 1.19. The lowest BCUT2D eigenvalue weighted by Gasteiger charge is -2.20. The number of nitrogens with zero attached hydrogens (tertiary/aromatic N) is 3. The largest absolute Gasteiger partial charge is 0.488 e. The molecule has 6 heteroatoms. The van der Waals surface area contributed by atoms with Crippen molar-refractivity contribution in [2.24, 2.45) is 0 Å². The van der Waals surface area contributed by atoms with Crippen molar-refractivity contribution in [1.82, 2.24) is 14.5 Å². The lowest BCUT2D eigenvalue weighted by Crippen LogP contribution is -2.28. The zero-order chi connectivity index (χ0) is 20.2. The number of aromatic nitrogens is 2. The minimum Gasteiger partial charge on any atom is -0.488 e. The number of amides is 1. The van der Waals surface area contributed by atoms with Crippen molar-refractivity contribution in [2.75, 3.05) is 31.6 Å². The van der Waals surface area contributed by atoms with E-state index in [4.69, 9.17) is 4.74 Å². The highest BCUT2D eigenvalue weighted by Crippen LogP contribution is 2.26. The predicted molar refractivity (Wildman–Crippen MR) is 116 cm³/mol. The second kappa shape index (κ2) is 8.49. The number of hydrogen-bond acceptors (Lipinski definition) is 4. The third-order valence-electron chi connectivity index (χ3n) is 5.34. The molecule has 0 atom stereocenters. The number of carbonyl (C=O) groups excluding carboxylic acids is 1. The fourth-order valence-corrected chi connectivity index (χ4v) is 3.61. The summed E-state index contributed by atoms with van der Waals surface area (Å²) in [7, 11) is 0. The van der Waals surface area contributed by atoms with Crippen molar-refractivity contribution in [3.63, 3.8) is 0 Å². The predicted octanol–water partition coefficient (Wildman–Crippen LogP) is 3.79. The number of fused-ring (bicyclic) bond motifs is 2. The molecule has 150 valence electrons. The van der Waals surface area contributed by atoms with Gasteiger partial charge in [0, 0.05) is 18.7 Å². The lowest BCUT2D eigenvalue weighted by molar-refractivity contribution is -0.113. The van der Waals surface area contributed by atoms with Crippen molar-refractivity contribution in [3.8, 4) is 5.75 Å². The maximum atomic E-state index is 12.9. The molecule has 0 fully saturated rings. The van der Waals surface area contributed by atoms with Gasteiger partial charge in [-0.3, -0.25) is 10.1 Å². The smallest absolute Gasteiger partial charge is 0.257 e. The van der Waals surface area contributed by atoms with Crippen LogP contribution >= 0.6 is 0 Å². The van der Waals surface area contributed by atoms with Crippen LogP contribution in [-0.4, -0.2) is 46.6 Å². The quantitative estimate of drug-likeness (QED) is 0.667. The average Bonchev–Trinajstić information content (AvgIpc) is 3.11. The lowest BCUT2D eigenvalue weighted by atomic mass is 10.1. The molecule has 1 aliphatic heterocycles. The Kier molecular flexibility index (Phi) is 5.62. The fourth-order valence-electron chi connectivity index (χ4n) is 3.61. The Morgan fingerprint density at radius 1 is 1.14 bits per heavy atom. The number of likely N-dealkylation sites (N-methyl/N-ethyl adjacent to an activating group) is 1. The van der Waals surface area contributed by atoms with Gasteiger partial charge in [-0.15, -0.1) is 0 Å². The number of hydrogen-bond donors (Lipinski definition) is 1. The maximum Gasteiger partial charge on any atom is 0.257 e. The van der Waals surface area contributed by atoms with Gasteiger partial charge in [-0.2, -0.15) is 0 Å². The van der Waals surface area contributed by atoms with E-state index < -0.39 is 0 Å². The maximum absolute atomic E-state index is 12.9. The van der Waals surface area contributed by atoms with E-state index in [1.165, 1.54) is 0 Å². The Hall–Kier alpha value is -3.12. The standard InChI is InChI=1S/C23H26N4O2/c1-3-26(4-2)13-14-27-20-11-7-6-10-19(20)24-23(27)25-22(28)18-15-17-9-5-8-12-21(17)29-16-18/h5-12,15H,3-4,13-14,16H2,1-2H3,(H,24,25,28). The molecule has 0 unspecified atom stereocenters. The molecule has 1 amide bonds. The first-order valence-corrected chi connectivity index (χ1v) is 10.1. The molecule has 0 bridgehead atoms. The number of imidazole rings is 1. The number of rotatable bonds is 7. The minimum absolute atomic E-state index is 0.182. The first-order valence-electron chi connectivity index (χ1n) is 10.1. The molecule has 1 aromatic heterocycles. The van der Waals surface area contributed by atoms with Crippen LogP contribution in [0.5, 0.6) is 5.75 Å². The Bertz CT molecular complexity index is 1050. The normalized spacial score (nSPS) is 13.1. The van der Waals surface area contributed by atoms with Crippen molar-refractivity contribution in [1.29, 1.82) is 0 Å². The second-order valence-electron chi connectivity index (χ2n) is 7.05. The number of anilines is 1. The summed E-state index contributed by atoms with van der Waals surface area (Å²) in [4.78, 5) is 20.0. The van der Waals surface area contributed by atoms with Gasteiger partial charge < -0.3 is 14.2 Å². The van der Waals surface area contributed by atoms with Crippen molar-refractivity contribution < 1.29 is 9.53 Å². The summed E-state index contributed by atoms with van der Waals surface area (Å²) in [6.07, 6.45) is 1.89. The molecule has 3 aromatic rings. The SMILES string of the molecule is CCN(CC)CCn1c(NC(=O)C2=Cc3ccccc3OC2)nc2ccccc21. The van der Waals surface area contributed by atoms with Crippen LogP contribution in [0.25, 0.3) is 17.1 Å². The monoisotopic (exact) mass is 390 g/mol. The van der Waals surface area contributed by atoms with E-state index in [1.54, 1.807) is 0 Å². The van der Waals surface area contributed by atoms with Gasteiger partial charge in [0.2, 0.25) is 5.95 Å². The van der Waals surface area contributed by atoms with Gasteiger partial charge in [-0.1, -0.05) is 44.2 Å². The first-order chi connectivity index (χ1) is 14.2. The second-order valence-corrected chi connectivity index (χ2v) is 7.05. The van der Waals surface area contributed by atoms with Gasteiger partial charge in [0.25, 0.3) is 5.91 Å². The van der Waals surface area contributed by atoms with Crippen LogP contribution in [0.3, 0.4) is 0 Å². The van der Waals surface area contributed by atoms with Gasteiger partial charge in [0.15, 0.2) is 0 Å². The van der Waals surface area contributed by atoms with Crippen LogP contribution in [0, 0.1) is 0 Å². The molecule has 0 radical (unpaired) electrons. The van der Waals surface area contributed by atoms with Crippen LogP contribution in [0.4, 0.5) is 5.95 Å². The third-order valence-corrected chi connectivity index (χ3v) is 5.34. The summed E-state index contributed by atoms with van der Waals surface area (Å²) >= 11 is 0. The summed E-state index contributed by atoms with van der Waals surface area (Å²) in [6, 6.07) is 15.7. The zero-order valence-electron chi connectivity index (χ0n) is 16.9. The molecule has 29 heavy (non-hydrogen) atoms. The Labute approximate surface area is 170 Å². The van der Waals surface area contributed by atoms with Gasteiger partial charge >= 0.3 is 0 Å². The highest BCUT2D eigenvalue weighted by atomic mass is 16.5. The van der Waals surface area contributed by atoms with E-state index >= 15 is 0 Å². The summed E-state index contributed by atoms with van der Waals surface area (Å²) in [5, 5.41) is 3.01. The molecule has 0 aliphatic carbocycles. The number of nitrogens with one attached hydrogen (secondary N) is 1. The summed E-state index contributed by atoms with van der Waals surface area (Å²) < 4.78 is 7.82. The Morgan fingerprint density at radius 3 is 2.72 bits per heavy atom. The van der Waals surface area contributed by atoms with E-state index in [1.807, 2.05) is 54.6 Å². The molecule has 4 rings (SSSR count). The third kappa shape index (κ3) is 4.03. The zero-order valence-corrected chi connectivity index (χ0v) is 16.9. The van der Waals surface area contributed by atoms with Crippen molar-refractivity contribution in [2.45, 2.75) is 20.4 Å². The molecule has 2 aromatic carbocycles. The van der Waals surface area contributed by atoms with Crippen LogP contribution in [-0.2, 0) is 11.3 Å². The molecule has 0 spiro atoms. The van der Waals surface area contributed by atoms with E-state index in [0.29, 0.717) is 11.5 Å². The average molecular weight is 390 g/mol. The highest BCUT2D eigenvalue weighted by Gasteiger charge is 2.20. The van der Waals surface area contributed by atoms with Crippen LogP contribution in [0.2, 0.25) is 0 Å². The highest BCUT2D eigenvalue weighted by molar-refractivity contribution is 6.07. The van der Waals surface area contributed by atoms with Crippen molar-refractivity contribution in [3.05, 3.63) is 59.7 Å². The molecular formula is C23H26N4O2. The minimum atomic E-state index is -0.182. The first kappa shape index (κ1) is 19.2. The number of ether oxygens (including phenoxy) is 1. The number of para-hydroxylation sites is 3. The number of carbonyl (C=O) groups is 1. The Balaban J connectivity index is 1.60. The van der Waals surface area contributed by atoms with Gasteiger partial charge in [-0.05, 0) is 37.4 Å². The summed E-state index contributed by atoms with van der Waals surface area (Å²) in [5.41, 5.74) is 3.40. The topological polar surface area (TPSA) is 59.4 Å². The number of benzene rings is 2. The van der Waals surface area contributed by atoms with Crippen LogP contribution in [0.1, 0.15) is 19.4 Å². The summed E-state index contributed by atoms with van der Waals surface area (Å²) in [6.45, 7) is 8.22.